The second-order valence-corrected chi connectivity index (χ2v) is 5.02. The summed E-state index contributed by atoms with van der Waals surface area (Å²) >= 11 is 1.21. The number of aromatic amines is 1. The summed E-state index contributed by atoms with van der Waals surface area (Å²) in [6.07, 6.45) is 0. The summed E-state index contributed by atoms with van der Waals surface area (Å²) < 4.78 is 0. The van der Waals surface area contributed by atoms with Gasteiger partial charge in [-0.15, -0.1) is 0 Å². The lowest BCUT2D eigenvalue weighted by atomic mass is 10.2. The van der Waals surface area contributed by atoms with Crippen LogP contribution in [0.4, 0.5) is 5.13 Å². The summed E-state index contributed by atoms with van der Waals surface area (Å²) in [7, 11) is 0. The Morgan fingerprint density at radius 1 is 1.32 bits per heavy atom. The van der Waals surface area contributed by atoms with Gasteiger partial charge in [0.1, 0.15) is 10.6 Å². The molecule has 5 N–H and O–H groups in total. The van der Waals surface area contributed by atoms with Crippen LogP contribution in [0, 0.1) is 6.92 Å². The Morgan fingerprint density at radius 2 is 2.00 bits per heavy atom. The van der Waals surface area contributed by atoms with Gasteiger partial charge in [-0.05, 0) is 23.8 Å². The zero-order chi connectivity index (χ0) is 13.8. The number of amides is 1. The van der Waals surface area contributed by atoms with E-state index in [0.29, 0.717) is 15.7 Å². The minimum Gasteiger partial charge on any atom is -0.298 e. The van der Waals surface area contributed by atoms with Crippen LogP contribution in [-0.4, -0.2) is 5.91 Å². The smallest absolute Gasteiger partial charge is 0.298 e. The molecule has 0 unspecified atom stereocenters. The first-order valence-electron chi connectivity index (χ1n) is 5.67. The molecule has 2 aromatic rings. The van der Waals surface area contributed by atoms with Gasteiger partial charge in [0.2, 0.25) is 0 Å². The van der Waals surface area contributed by atoms with Crippen LogP contribution in [0.1, 0.15) is 20.9 Å². The van der Waals surface area contributed by atoms with Crippen LogP contribution in [0.25, 0.3) is 5.70 Å². The second kappa shape index (κ2) is 5.53. The lowest BCUT2D eigenvalue weighted by molar-refractivity contribution is -0.363. The number of nitrogens with two attached hydrogens (primary N) is 1. The normalized spacial score (nSPS) is 9.95. The fraction of sp³-hybridized carbons (Fsp3) is 0.0769. The number of anilines is 1. The monoisotopic (exact) mass is 275 g/mol. The molecule has 1 aromatic heterocycles. The van der Waals surface area contributed by atoms with E-state index in [1.807, 2.05) is 30.3 Å². The highest BCUT2D eigenvalue weighted by molar-refractivity contribution is 7.16. The lowest BCUT2D eigenvalue weighted by Crippen LogP contribution is -2.36. The van der Waals surface area contributed by atoms with Crippen molar-refractivity contribution < 1.29 is 9.78 Å². The van der Waals surface area contributed by atoms with Gasteiger partial charge < -0.3 is 0 Å². The number of carbonyl (C=O) groups is 1. The van der Waals surface area contributed by atoms with Gasteiger partial charge in [-0.25, -0.2) is 4.98 Å². The van der Waals surface area contributed by atoms with Gasteiger partial charge in [0.15, 0.2) is 0 Å². The third-order valence-corrected chi connectivity index (χ3v) is 3.54. The van der Waals surface area contributed by atoms with E-state index in [0.717, 1.165) is 11.3 Å². The number of thiazole rings is 1. The number of benzene rings is 1. The molecule has 0 atom stereocenters. The molecule has 0 aliphatic carbocycles. The first kappa shape index (κ1) is 13.1. The highest BCUT2D eigenvalue weighted by Crippen LogP contribution is 2.15. The molecule has 0 spiro atoms. The molecule has 2 rings (SSSR count). The van der Waals surface area contributed by atoms with Crippen LogP contribution >= 0.6 is 11.3 Å². The average Bonchev–Trinajstić information content (AvgIpc) is 2.75. The number of rotatable bonds is 4. The maximum absolute atomic E-state index is 11.9. The van der Waals surface area contributed by atoms with Gasteiger partial charge in [-0.1, -0.05) is 36.9 Å². The largest absolute Gasteiger partial charge is 0.330 e. The molecule has 98 valence electrons. The molecule has 0 bridgehead atoms. The van der Waals surface area contributed by atoms with Crippen LogP contribution in [-0.2, 0) is 0 Å². The number of hydrogen-bond donors (Lipinski definition) is 3. The van der Waals surface area contributed by atoms with E-state index in [-0.39, 0.29) is 5.91 Å². The van der Waals surface area contributed by atoms with Crippen LogP contribution in [0.2, 0.25) is 0 Å². The second-order valence-electron chi connectivity index (χ2n) is 3.97. The van der Waals surface area contributed by atoms with Crippen molar-refractivity contribution in [2.24, 2.45) is 0 Å². The van der Waals surface area contributed by atoms with Crippen molar-refractivity contribution in [1.82, 2.24) is 10.9 Å². The molecule has 0 aliphatic rings. The van der Waals surface area contributed by atoms with Crippen LogP contribution in [0.3, 0.4) is 0 Å². The summed E-state index contributed by atoms with van der Waals surface area (Å²) in [4.78, 5) is 15.4. The predicted molar refractivity (Wildman–Crippen MR) is 76.1 cm³/mol. The fourth-order valence-electron chi connectivity index (χ4n) is 1.57. The maximum atomic E-state index is 11.9. The maximum Gasteiger partial charge on any atom is 0.330 e. The average molecular weight is 275 g/mol. The number of aryl methyl sites for hydroxylation is 1. The standard InChI is InChI=1S/C13H14N4OS/c1-8(10-6-4-3-5-7-10)16-17-12(18)11-9(2)15-13(14)19-11/h3-7,16H,1H2,2H3,(H2,14,15)(H,17,18)/p+1. The number of nitrogen functional groups attached to an aromatic ring is 1. The van der Waals surface area contributed by atoms with Gasteiger partial charge >= 0.3 is 5.13 Å². The van der Waals surface area contributed by atoms with E-state index in [1.165, 1.54) is 11.3 Å². The molecular formula is C13H15N4OS+. The summed E-state index contributed by atoms with van der Waals surface area (Å²) in [5, 5.41) is 0.504. The third kappa shape index (κ3) is 3.11. The number of H-pyrrole nitrogens is 1. The van der Waals surface area contributed by atoms with Crippen LogP contribution in [0.5, 0.6) is 0 Å². The van der Waals surface area contributed by atoms with Gasteiger partial charge in [-0.2, -0.15) is 0 Å². The zero-order valence-corrected chi connectivity index (χ0v) is 11.3. The summed E-state index contributed by atoms with van der Waals surface area (Å²) in [6, 6.07) is 9.54. The molecule has 6 heteroatoms. The first-order chi connectivity index (χ1) is 9.08. The van der Waals surface area contributed by atoms with E-state index in [4.69, 9.17) is 5.73 Å². The topological polar surface area (TPSA) is 81.3 Å². The Balaban J connectivity index is 1.98. The number of nitrogens with one attached hydrogen (secondary N) is 3. The SMILES string of the molecule is C=C(NNC(=O)c1sc(N)[nH+]c1C)c1ccccc1. The number of hydrogen-bond acceptors (Lipinski definition) is 4. The van der Waals surface area contributed by atoms with Crippen molar-refractivity contribution in [3.8, 4) is 0 Å². The molecule has 1 aromatic carbocycles. The van der Waals surface area contributed by atoms with Crippen molar-refractivity contribution in [3.63, 3.8) is 0 Å². The molecule has 5 nitrogen and oxygen atoms in total. The quantitative estimate of drug-likeness (QED) is 0.737. The molecule has 1 heterocycles. The summed E-state index contributed by atoms with van der Waals surface area (Å²) in [5.74, 6) is -0.243. The van der Waals surface area contributed by atoms with E-state index in [2.05, 4.69) is 22.4 Å². The van der Waals surface area contributed by atoms with Gasteiger partial charge in [0.05, 0.1) is 5.70 Å². The van der Waals surface area contributed by atoms with Crippen molar-refractivity contribution in [2.75, 3.05) is 5.73 Å². The third-order valence-electron chi connectivity index (χ3n) is 2.52. The molecule has 0 radical (unpaired) electrons. The first-order valence-corrected chi connectivity index (χ1v) is 6.48. The van der Waals surface area contributed by atoms with Crippen LogP contribution in [0.15, 0.2) is 36.9 Å². The van der Waals surface area contributed by atoms with Crippen LogP contribution < -0.4 is 21.6 Å². The lowest BCUT2D eigenvalue weighted by Gasteiger charge is -2.10. The van der Waals surface area contributed by atoms with Gasteiger partial charge in [0, 0.05) is 0 Å². The van der Waals surface area contributed by atoms with E-state index in [1.54, 1.807) is 6.92 Å². The Hall–Kier alpha value is -2.34. The van der Waals surface area contributed by atoms with E-state index in [9.17, 15) is 4.79 Å². The summed E-state index contributed by atoms with van der Waals surface area (Å²) in [5.41, 5.74) is 13.3. The Morgan fingerprint density at radius 3 is 2.58 bits per heavy atom. The Bertz CT molecular complexity index is 606. The molecule has 0 saturated heterocycles. The molecule has 0 saturated carbocycles. The number of carbonyl (C=O) groups excluding carboxylic acids is 1. The minimum atomic E-state index is -0.243. The highest BCUT2D eigenvalue weighted by Gasteiger charge is 2.17. The number of aromatic nitrogens is 1. The van der Waals surface area contributed by atoms with E-state index >= 15 is 0 Å². The Labute approximate surface area is 115 Å². The Kier molecular flexibility index (Phi) is 3.82. The molecule has 1 amide bonds. The van der Waals surface area contributed by atoms with Gasteiger partial charge in [0.25, 0.3) is 5.91 Å². The molecule has 0 aliphatic heterocycles. The summed E-state index contributed by atoms with van der Waals surface area (Å²) in [6.45, 7) is 5.66. The highest BCUT2D eigenvalue weighted by atomic mass is 32.1. The fourth-order valence-corrected chi connectivity index (χ4v) is 2.34. The zero-order valence-electron chi connectivity index (χ0n) is 10.5. The number of hydrazine groups is 1. The molecule has 19 heavy (non-hydrogen) atoms. The predicted octanol–water partition coefficient (Wildman–Crippen LogP) is 1.36. The molecule has 0 fully saturated rings. The minimum absolute atomic E-state index is 0.243. The molecular weight excluding hydrogens is 260 g/mol. The van der Waals surface area contributed by atoms with Crippen molar-refractivity contribution in [2.45, 2.75) is 6.92 Å². The van der Waals surface area contributed by atoms with Crippen molar-refractivity contribution in [3.05, 3.63) is 53.0 Å². The van der Waals surface area contributed by atoms with E-state index < -0.39 is 0 Å². The van der Waals surface area contributed by atoms with Crippen molar-refractivity contribution in [1.29, 1.82) is 0 Å². The van der Waals surface area contributed by atoms with Gasteiger partial charge in [-0.3, -0.25) is 21.4 Å². The van der Waals surface area contributed by atoms with Crippen molar-refractivity contribution >= 4 is 28.1 Å².